The summed E-state index contributed by atoms with van der Waals surface area (Å²) in [6, 6.07) is 0. The van der Waals surface area contributed by atoms with Gasteiger partial charge in [0.05, 0.1) is 6.61 Å². The molecule has 2 N–H and O–H groups in total. The Bertz CT molecular complexity index is 128. The van der Waals surface area contributed by atoms with Crippen LogP contribution in [0.25, 0.3) is 0 Å². The van der Waals surface area contributed by atoms with Crippen LogP contribution in [0.4, 0.5) is 0 Å². The first-order valence-corrected chi connectivity index (χ1v) is 4.78. The van der Waals surface area contributed by atoms with Gasteiger partial charge in [-0.1, -0.05) is 0 Å². The van der Waals surface area contributed by atoms with Gasteiger partial charge < -0.3 is 15.2 Å². The summed E-state index contributed by atoms with van der Waals surface area (Å²) >= 11 is 0. The van der Waals surface area contributed by atoms with Gasteiger partial charge in [-0.15, -0.1) is 0 Å². The lowest BCUT2D eigenvalue weighted by molar-refractivity contribution is -0.143. The Morgan fingerprint density at radius 2 is 2.08 bits per heavy atom. The van der Waals surface area contributed by atoms with Crippen molar-refractivity contribution in [2.24, 2.45) is 0 Å². The Morgan fingerprint density at radius 1 is 1.38 bits per heavy atom. The second-order valence-electron chi connectivity index (χ2n) is 2.74. The molecule has 0 rings (SSSR count). The summed E-state index contributed by atoms with van der Waals surface area (Å²) in [6.45, 7) is 4.08. The van der Waals surface area contributed by atoms with Gasteiger partial charge in [-0.2, -0.15) is 0 Å². The lowest BCUT2D eigenvalue weighted by Crippen LogP contribution is -2.18. The third-order valence-corrected chi connectivity index (χ3v) is 1.55. The van der Waals surface area contributed by atoms with Crippen LogP contribution in [-0.2, 0) is 9.53 Å². The lowest BCUT2D eigenvalue weighted by atomic mass is 10.3. The minimum Gasteiger partial charge on any atom is -0.466 e. The smallest absolute Gasteiger partial charge is 0.305 e. The van der Waals surface area contributed by atoms with Crippen LogP contribution in [0.2, 0.25) is 0 Å². The van der Waals surface area contributed by atoms with E-state index in [9.17, 15) is 4.79 Å². The minimum absolute atomic E-state index is 0.133. The first kappa shape index (κ1) is 12.4. The largest absolute Gasteiger partial charge is 0.466 e. The van der Waals surface area contributed by atoms with Gasteiger partial charge in [-0.3, -0.25) is 4.79 Å². The molecule has 0 spiro atoms. The number of carbonyl (C=O) groups excluding carboxylic acids is 1. The number of aliphatic hydroxyl groups is 1. The van der Waals surface area contributed by atoms with E-state index in [1.165, 1.54) is 0 Å². The predicted octanol–water partition coefficient (Wildman–Crippen LogP) is 0.302. The number of esters is 1. The minimum atomic E-state index is -0.133. The van der Waals surface area contributed by atoms with E-state index in [4.69, 9.17) is 9.84 Å². The van der Waals surface area contributed by atoms with Crippen LogP contribution in [0.5, 0.6) is 0 Å². The van der Waals surface area contributed by atoms with Crippen molar-refractivity contribution in [2.45, 2.75) is 26.2 Å². The van der Waals surface area contributed by atoms with Crippen LogP contribution in [0.1, 0.15) is 26.2 Å². The standard InChI is InChI=1S/C9H19NO3/c1-2-13-9(12)5-3-6-10-7-4-8-11/h10-11H,2-8H2,1H3. The summed E-state index contributed by atoms with van der Waals surface area (Å²) in [5.41, 5.74) is 0. The molecule has 0 aliphatic rings. The predicted molar refractivity (Wildman–Crippen MR) is 50.4 cm³/mol. The highest BCUT2D eigenvalue weighted by molar-refractivity contribution is 5.69. The molecule has 0 fully saturated rings. The van der Waals surface area contributed by atoms with Crippen molar-refractivity contribution in [2.75, 3.05) is 26.3 Å². The fourth-order valence-electron chi connectivity index (χ4n) is 0.920. The Kier molecular flexibility index (Phi) is 9.03. The number of aliphatic hydroxyl groups excluding tert-OH is 1. The molecule has 4 heteroatoms. The maximum Gasteiger partial charge on any atom is 0.305 e. The van der Waals surface area contributed by atoms with Crippen LogP contribution in [-0.4, -0.2) is 37.4 Å². The molecular weight excluding hydrogens is 170 g/mol. The third kappa shape index (κ3) is 9.30. The third-order valence-electron chi connectivity index (χ3n) is 1.55. The molecule has 0 aromatic heterocycles. The molecule has 78 valence electrons. The number of hydrogen-bond acceptors (Lipinski definition) is 4. The molecule has 0 radical (unpaired) electrons. The van der Waals surface area contributed by atoms with Crippen LogP contribution >= 0.6 is 0 Å². The molecule has 0 amide bonds. The monoisotopic (exact) mass is 189 g/mol. The molecular formula is C9H19NO3. The van der Waals surface area contributed by atoms with Crippen molar-refractivity contribution in [1.29, 1.82) is 0 Å². The van der Waals surface area contributed by atoms with E-state index in [1.54, 1.807) is 6.92 Å². The summed E-state index contributed by atoms with van der Waals surface area (Å²) in [7, 11) is 0. The van der Waals surface area contributed by atoms with Gasteiger partial charge in [0, 0.05) is 13.0 Å². The Morgan fingerprint density at radius 3 is 2.69 bits per heavy atom. The molecule has 0 aromatic carbocycles. The van der Waals surface area contributed by atoms with E-state index < -0.39 is 0 Å². The van der Waals surface area contributed by atoms with Crippen LogP contribution in [0, 0.1) is 0 Å². The maximum absolute atomic E-state index is 10.8. The summed E-state index contributed by atoms with van der Waals surface area (Å²) in [5, 5.41) is 11.6. The first-order valence-electron chi connectivity index (χ1n) is 4.78. The average Bonchev–Trinajstić information content (AvgIpc) is 2.11. The topological polar surface area (TPSA) is 58.6 Å². The van der Waals surface area contributed by atoms with E-state index in [-0.39, 0.29) is 12.6 Å². The van der Waals surface area contributed by atoms with Gasteiger partial charge in [0.15, 0.2) is 0 Å². The van der Waals surface area contributed by atoms with Gasteiger partial charge in [0.1, 0.15) is 0 Å². The van der Waals surface area contributed by atoms with Gasteiger partial charge in [0.2, 0.25) is 0 Å². The van der Waals surface area contributed by atoms with Crippen molar-refractivity contribution in [3.63, 3.8) is 0 Å². The van der Waals surface area contributed by atoms with Gasteiger partial charge in [0.25, 0.3) is 0 Å². The highest BCUT2D eigenvalue weighted by atomic mass is 16.5. The van der Waals surface area contributed by atoms with E-state index in [2.05, 4.69) is 5.32 Å². The molecule has 0 heterocycles. The second kappa shape index (κ2) is 9.48. The summed E-state index contributed by atoms with van der Waals surface area (Å²) < 4.78 is 4.76. The fourth-order valence-corrected chi connectivity index (χ4v) is 0.920. The van der Waals surface area contributed by atoms with Crippen molar-refractivity contribution in [3.8, 4) is 0 Å². The number of nitrogens with one attached hydrogen (secondary N) is 1. The van der Waals surface area contributed by atoms with Gasteiger partial charge in [-0.25, -0.2) is 0 Å². The normalized spacial score (nSPS) is 10.0. The van der Waals surface area contributed by atoms with Crippen molar-refractivity contribution in [3.05, 3.63) is 0 Å². The SMILES string of the molecule is CCOC(=O)CCCNCCCO. The van der Waals surface area contributed by atoms with Crippen molar-refractivity contribution >= 4 is 5.97 Å². The van der Waals surface area contributed by atoms with E-state index in [0.717, 1.165) is 25.9 Å². The molecule has 0 aliphatic carbocycles. The van der Waals surface area contributed by atoms with Crippen LogP contribution in [0.3, 0.4) is 0 Å². The first-order chi connectivity index (χ1) is 6.31. The van der Waals surface area contributed by atoms with Crippen LogP contribution < -0.4 is 5.32 Å². The maximum atomic E-state index is 10.8. The molecule has 13 heavy (non-hydrogen) atoms. The molecule has 4 nitrogen and oxygen atoms in total. The molecule has 0 saturated heterocycles. The summed E-state index contributed by atoms with van der Waals surface area (Å²) in [4.78, 5) is 10.8. The van der Waals surface area contributed by atoms with E-state index >= 15 is 0 Å². The molecule has 0 atom stereocenters. The van der Waals surface area contributed by atoms with Crippen molar-refractivity contribution < 1.29 is 14.6 Å². The zero-order valence-electron chi connectivity index (χ0n) is 8.21. The Labute approximate surface area is 79.3 Å². The number of carbonyl (C=O) groups is 1. The number of hydrogen-bond donors (Lipinski definition) is 2. The molecule has 0 saturated carbocycles. The quantitative estimate of drug-likeness (QED) is 0.426. The fraction of sp³-hybridized carbons (Fsp3) is 0.889. The average molecular weight is 189 g/mol. The van der Waals surface area contributed by atoms with Crippen molar-refractivity contribution in [1.82, 2.24) is 5.32 Å². The second-order valence-corrected chi connectivity index (χ2v) is 2.74. The van der Waals surface area contributed by atoms with E-state index in [0.29, 0.717) is 13.0 Å². The molecule has 0 aliphatic heterocycles. The Balaban J connectivity index is 3.02. The molecule has 0 unspecified atom stereocenters. The highest BCUT2D eigenvalue weighted by Crippen LogP contribution is 1.91. The molecule has 0 bridgehead atoms. The van der Waals surface area contributed by atoms with Crippen LogP contribution in [0.15, 0.2) is 0 Å². The number of ether oxygens (including phenoxy) is 1. The Hall–Kier alpha value is -0.610. The summed E-state index contributed by atoms with van der Waals surface area (Å²) in [5.74, 6) is -0.133. The number of rotatable bonds is 8. The van der Waals surface area contributed by atoms with E-state index in [1.807, 2.05) is 0 Å². The zero-order chi connectivity index (χ0) is 9.94. The van der Waals surface area contributed by atoms with Gasteiger partial charge in [-0.05, 0) is 32.9 Å². The highest BCUT2D eigenvalue weighted by Gasteiger charge is 1.99. The lowest BCUT2D eigenvalue weighted by Gasteiger charge is -2.03. The zero-order valence-corrected chi connectivity index (χ0v) is 8.21. The summed E-state index contributed by atoms with van der Waals surface area (Å²) in [6.07, 6.45) is 2.03. The van der Waals surface area contributed by atoms with Gasteiger partial charge >= 0.3 is 5.97 Å². The molecule has 0 aromatic rings.